The molecule has 2 aromatic rings. The van der Waals surface area contributed by atoms with Crippen molar-refractivity contribution in [2.75, 3.05) is 12.4 Å². The summed E-state index contributed by atoms with van der Waals surface area (Å²) in [4.78, 5) is 0. The zero-order valence-electron chi connectivity index (χ0n) is 11.8. The molecule has 3 rings (SSSR count). The van der Waals surface area contributed by atoms with Gasteiger partial charge >= 0.3 is 0 Å². The number of benzene rings is 2. The van der Waals surface area contributed by atoms with Crippen molar-refractivity contribution in [2.24, 2.45) is 5.92 Å². The second-order valence-corrected chi connectivity index (χ2v) is 6.68. The van der Waals surface area contributed by atoms with Crippen LogP contribution >= 0.6 is 27.5 Å². The van der Waals surface area contributed by atoms with E-state index >= 15 is 0 Å². The van der Waals surface area contributed by atoms with Crippen LogP contribution in [-0.2, 0) is 0 Å². The molecule has 0 saturated heterocycles. The largest absolute Gasteiger partial charge is 0.497 e. The Morgan fingerprint density at radius 2 is 1.90 bits per heavy atom. The van der Waals surface area contributed by atoms with Gasteiger partial charge in [0.25, 0.3) is 0 Å². The third-order valence-corrected chi connectivity index (χ3v) is 4.62. The highest BCUT2D eigenvalue weighted by molar-refractivity contribution is 9.10. The molecule has 1 fully saturated rings. The summed E-state index contributed by atoms with van der Waals surface area (Å²) in [5, 5.41) is 4.34. The number of nitrogens with one attached hydrogen (secondary N) is 1. The lowest BCUT2D eigenvalue weighted by Gasteiger charge is -2.21. The highest BCUT2D eigenvalue weighted by Gasteiger charge is 2.32. The van der Waals surface area contributed by atoms with Crippen LogP contribution in [0.5, 0.6) is 5.75 Å². The lowest BCUT2D eigenvalue weighted by Crippen LogP contribution is -2.13. The van der Waals surface area contributed by atoms with Crippen molar-refractivity contribution < 1.29 is 4.74 Å². The monoisotopic (exact) mass is 365 g/mol. The molecule has 0 spiro atoms. The molecule has 0 bridgehead atoms. The normalized spacial score (nSPS) is 15.6. The van der Waals surface area contributed by atoms with Crippen molar-refractivity contribution in [1.29, 1.82) is 0 Å². The van der Waals surface area contributed by atoms with E-state index in [1.54, 1.807) is 7.11 Å². The smallest absolute Gasteiger partial charge is 0.118 e. The summed E-state index contributed by atoms with van der Waals surface area (Å²) < 4.78 is 6.22. The van der Waals surface area contributed by atoms with Crippen molar-refractivity contribution >= 4 is 33.2 Å². The standard InChI is InChI=1S/C17H17BrClNO/c1-21-14-7-4-12(5-8-14)17(11-2-3-11)20-16-9-6-13(18)10-15(16)19/h4-11,17,20H,2-3H2,1H3. The molecule has 1 aliphatic carbocycles. The van der Waals surface area contributed by atoms with Crippen molar-refractivity contribution in [2.45, 2.75) is 18.9 Å². The van der Waals surface area contributed by atoms with Gasteiger partial charge in [-0.25, -0.2) is 0 Å². The molecule has 21 heavy (non-hydrogen) atoms. The van der Waals surface area contributed by atoms with Gasteiger partial charge in [0.2, 0.25) is 0 Å². The van der Waals surface area contributed by atoms with Crippen LogP contribution in [-0.4, -0.2) is 7.11 Å². The predicted octanol–water partition coefficient (Wildman–Crippen LogP) is 5.67. The van der Waals surface area contributed by atoms with E-state index in [9.17, 15) is 0 Å². The first kappa shape index (κ1) is 14.7. The van der Waals surface area contributed by atoms with Gasteiger partial charge in [-0.05, 0) is 54.7 Å². The van der Waals surface area contributed by atoms with Crippen LogP contribution in [0.4, 0.5) is 5.69 Å². The number of anilines is 1. The molecule has 0 aliphatic heterocycles. The topological polar surface area (TPSA) is 21.3 Å². The lowest BCUT2D eigenvalue weighted by atomic mass is 10.0. The van der Waals surface area contributed by atoms with Gasteiger partial charge in [-0.3, -0.25) is 0 Å². The molecule has 0 radical (unpaired) electrons. The minimum Gasteiger partial charge on any atom is -0.497 e. The first-order valence-corrected chi connectivity index (χ1v) is 8.20. The van der Waals surface area contributed by atoms with E-state index in [-0.39, 0.29) is 0 Å². The first-order valence-electron chi connectivity index (χ1n) is 7.03. The summed E-state index contributed by atoms with van der Waals surface area (Å²) in [6.07, 6.45) is 2.52. The Morgan fingerprint density at radius 1 is 1.19 bits per heavy atom. The van der Waals surface area contributed by atoms with Crippen LogP contribution in [0.3, 0.4) is 0 Å². The zero-order chi connectivity index (χ0) is 14.8. The maximum atomic E-state index is 6.32. The molecule has 1 atom stereocenters. The van der Waals surface area contributed by atoms with Crippen LogP contribution in [0.1, 0.15) is 24.4 Å². The molecule has 1 saturated carbocycles. The van der Waals surface area contributed by atoms with Crippen LogP contribution < -0.4 is 10.1 Å². The summed E-state index contributed by atoms with van der Waals surface area (Å²) >= 11 is 9.76. The quantitative estimate of drug-likeness (QED) is 0.735. The molecule has 0 amide bonds. The first-order chi connectivity index (χ1) is 10.2. The second-order valence-electron chi connectivity index (χ2n) is 5.36. The van der Waals surface area contributed by atoms with Gasteiger partial charge < -0.3 is 10.1 Å². The summed E-state index contributed by atoms with van der Waals surface area (Å²) in [5.74, 6) is 1.56. The van der Waals surface area contributed by atoms with Crippen molar-refractivity contribution in [3.05, 3.63) is 57.5 Å². The highest BCUT2D eigenvalue weighted by atomic mass is 79.9. The second kappa shape index (κ2) is 6.29. The van der Waals surface area contributed by atoms with E-state index in [2.05, 4.69) is 33.4 Å². The van der Waals surface area contributed by atoms with Crippen molar-refractivity contribution in [3.8, 4) is 5.75 Å². The minimum absolute atomic E-state index is 0.301. The summed E-state index contributed by atoms with van der Waals surface area (Å²) in [6, 6.07) is 14.5. The Morgan fingerprint density at radius 3 is 2.48 bits per heavy atom. The number of halogens is 2. The van der Waals surface area contributed by atoms with Gasteiger partial charge in [-0.2, -0.15) is 0 Å². The zero-order valence-corrected chi connectivity index (χ0v) is 14.1. The van der Waals surface area contributed by atoms with Crippen molar-refractivity contribution in [3.63, 3.8) is 0 Å². The number of methoxy groups -OCH3 is 1. The molecule has 2 aromatic carbocycles. The lowest BCUT2D eigenvalue weighted by molar-refractivity contribution is 0.414. The van der Waals surface area contributed by atoms with Gasteiger partial charge in [0.05, 0.1) is 23.9 Å². The Kier molecular flexibility index (Phi) is 4.41. The Balaban J connectivity index is 1.84. The van der Waals surface area contributed by atoms with Crippen LogP contribution in [0.2, 0.25) is 5.02 Å². The fraction of sp³-hybridized carbons (Fsp3) is 0.294. The predicted molar refractivity (Wildman–Crippen MR) is 91.2 cm³/mol. The molecule has 1 unspecified atom stereocenters. The van der Waals surface area contributed by atoms with Gasteiger partial charge in [-0.15, -0.1) is 0 Å². The Bertz CT molecular complexity index is 625. The molecule has 110 valence electrons. The fourth-order valence-electron chi connectivity index (χ4n) is 2.49. The average molecular weight is 367 g/mol. The fourth-order valence-corrected chi connectivity index (χ4v) is 3.22. The number of ether oxygens (including phenoxy) is 1. The molecular formula is C17H17BrClNO. The number of rotatable bonds is 5. The maximum absolute atomic E-state index is 6.32. The van der Waals surface area contributed by atoms with Crippen LogP contribution in [0, 0.1) is 5.92 Å². The maximum Gasteiger partial charge on any atom is 0.118 e. The van der Waals surface area contributed by atoms with E-state index in [1.807, 2.05) is 30.3 Å². The van der Waals surface area contributed by atoms with E-state index in [1.165, 1.54) is 18.4 Å². The van der Waals surface area contributed by atoms with Crippen molar-refractivity contribution in [1.82, 2.24) is 0 Å². The van der Waals surface area contributed by atoms with E-state index < -0.39 is 0 Å². The number of hydrogen-bond donors (Lipinski definition) is 1. The summed E-state index contributed by atoms with van der Waals surface area (Å²) in [7, 11) is 1.69. The Labute approximate surface area is 138 Å². The van der Waals surface area contributed by atoms with Crippen LogP contribution in [0.15, 0.2) is 46.9 Å². The average Bonchev–Trinajstić information content (AvgIpc) is 3.31. The molecule has 0 heterocycles. The third-order valence-electron chi connectivity index (χ3n) is 3.81. The molecule has 1 aliphatic rings. The summed E-state index contributed by atoms with van der Waals surface area (Å²) in [6.45, 7) is 0. The third kappa shape index (κ3) is 3.53. The van der Waals surface area contributed by atoms with Gasteiger partial charge in [0, 0.05) is 4.47 Å². The van der Waals surface area contributed by atoms with Crippen LogP contribution in [0.25, 0.3) is 0 Å². The molecular weight excluding hydrogens is 350 g/mol. The molecule has 0 aromatic heterocycles. The Hall–Kier alpha value is -1.19. The number of hydrogen-bond acceptors (Lipinski definition) is 2. The molecule has 1 N–H and O–H groups in total. The van der Waals surface area contributed by atoms with E-state index in [0.29, 0.717) is 12.0 Å². The minimum atomic E-state index is 0.301. The van der Waals surface area contributed by atoms with Gasteiger partial charge in [-0.1, -0.05) is 39.7 Å². The molecule has 2 nitrogen and oxygen atoms in total. The summed E-state index contributed by atoms with van der Waals surface area (Å²) in [5.41, 5.74) is 2.25. The van der Waals surface area contributed by atoms with Gasteiger partial charge in [0.1, 0.15) is 5.75 Å². The van der Waals surface area contributed by atoms with E-state index in [4.69, 9.17) is 16.3 Å². The SMILES string of the molecule is COc1ccc(C(Nc2ccc(Br)cc2Cl)C2CC2)cc1. The molecule has 4 heteroatoms. The van der Waals surface area contributed by atoms with E-state index in [0.717, 1.165) is 20.9 Å². The van der Waals surface area contributed by atoms with Gasteiger partial charge in [0.15, 0.2) is 0 Å². The highest BCUT2D eigenvalue weighted by Crippen LogP contribution is 2.44.